The minimum atomic E-state index is -1.17. The van der Waals surface area contributed by atoms with E-state index in [4.69, 9.17) is 10.5 Å². The van der Waals surface area contributed by atoms with Crippen molar-refractivity contribution in [2.45, 2.75) is 69.6 Å². The van der Waals surface area contributed by atoms with Gasteiger partial charge in [0.1, 0.15) is 23.7 Å². The fraction of sp³-hybridized carbons (Fsp3) is 0.432. The summed E-state index contributed by atoms with van der Waals surface area (Å²) in [5.74, 6) is -1.74. The van der Waals surface area contributed by atoms with Crippen molar-refractivity contribution in [2.24, 2.45) is 11.7 Å². The van der Waals surface area contributed by atoms with E-state index in [1.54, 1.807) is 36.5 Å². The normalized spacial score (nSPS) is 22.8. The van der Waals surface area contributed by atoms with Crippen LogP contribution in [-0.4, -0.2) is 123 Å². The lowest BCUT2D eigenvalue weighted by molar-refractivity contribution is -0.155. The number of piperidine rings is 2. The number of likely N-dealkylation sites (tertiary alicyclic amines) is 1. The molecule has 1 saturated carbocycles. The number of nitrogens with zero attached hydrogens (tertiary/aromatic N) is 9. The molecule has 314 valence electrons. The van der Waals surface area contributed by atoms with Crippen molar-refractivity contribution in [1.82, 2.24) is 29.9 Å². The maximum absolute atomic E-state index is 15.8. The first-order valence-corrected chi connectivity index (χ1v) is 21.0. The number of pyridine rings is 1. The van der Waals surface area contributed by atoms with Crippen LogP contribution in [0.2, 0.25) is 0 Å². The molecule has 1 aliphatic carbocycles. The second-order valence-electron chi connectivity index (χ2n) is 16.5. The summed E-state index contributed by atoms with van der Waals surface area (Å²) >= 11 is 0. The molecular weight excluding hydrogens is 784 g/mol. The number of rotatable bonds is 9. The zero-order valence-electron chi connectivity index (χ0n) is 33.5. The van der Waals surface area contributed by atoms with Crippen molar-refractivity contribution in [2.75, 3.05) is 55.6 Å². The summed E-state index contributed by atoms with van der Waals surface area (Å²) in [6, 6.07) is 13.6. The molecule has 0 bridgehead atoms. The van der Waals surface area contributed by atoms with Crippen molar-refractivity contribution in [3.63, 3.8) is 0 Å². The molecule has 0 spiro atoms. The lowest BCUT2D eigenvalue weighted by Crippen LogP contribution is -2.59. The smallest absolute Gasteiger partial charge is 0.269 e. The van der Waals surface area contributed by atoms with Crippen molar-refractivity contribution < 1.29 is 33.1 Å². The van der Waals surface area contributed by atoms with E-state index in [0.29, 0.717) is 80.4 Å². The molecule has 17 heteroatoms. The molecule has 16 nitrogen and oxygen atoms in total. The van der Waals surface area contributed by atoms with Gasteiger partial charge in [0.25, 0.3) is 23.6 Å². The Morgan fingerprint density at radius 3 is 2.26 bits per heavy atom. The molecule has 5 aliphatic rings. The van der Waals surface area contributed by atoms with Crippen LogP contribution in [0.15, 0.2) is 54.7 Å². The SMILES string of the molecule is N#Cc1ccc(OC2CCC(N3C(=O)CCC(N4C(=O)c5cc(F)c(N6CCN(CC7CCN(c8ccc(C(N)=O)nn8)CC7)CC6)cc5C4=O)C3=O)CC2)c2cccnc12. The Balaban J connectivity index is 0.797. The van der Waals surface area contributed by atoms with Crippen LogP contribution >= 0.6 is 0 Å². The standard InChI is InChI=1S/C44H45FN10O6/c45-33-22-31-32(23-36(33)52-20-18-51(19-21-52)25-26-13-16-53(17-14-26)38-11-8-34(41(47)57)49-50-38)43(59)55(42(31)58)35-9-12-39(56)54(44(35)60)28-4-6-29(7-5-28)61-37-10-3-27(24-46)40-30(37)2-1-15-48-40/h1-3,8,10-11,15,22-23,26,28-29,35H,4-7,9,12-14,16-21,25H2,(H2,47,57). The Morgan fingerprint density at radius 1 is 0.836 bits per heavy atom. The van der Waals surface area contributed by atoms with E-state index in [2.05, 4.69) is 31.1 Å². The number of primary amides is 1. The predicted octanol–water partition coefficient (Wildman–Crippen LogP) is 3.68. The van der Waals surface area contributed by atoms with Crippen LogP contribution in [0, 0.1) is 23.1 Å². The Bertz CT molecular complexity index is 2450. The molecule has 4 fully saturated rings. The fourth-order valence-electron chi connectivity index (χ4n) is 9.65. The molecule has 6 heterocycles. The number of hydrogen-bond acceptors (Lipinski definition) is 13. The van der Waals surface area contributed by atoms with Crippen LogP contribution in [-0.2, 0) is 9.59 Å². The van der Waals surface area contributed by atoms with Crippen molar-refractivity contribution >= 4 is 51.9 Å². The van der Waals surface area contributed by atoms with E-state index in [1.807, 2.05) is 11.0 Å². The number of hydrogen-bond donors (Lipinski definition) is 1. The number of benzene rings is 2. The van der Waals surface area contributed by atoms with Gasteiger partial charge in [-0.3, -0.25) is 43.7 Å². The van der Waals surface area contributed by atoms with Gasteiger partial charge in [0, 0.05) is 69.9 Å². The highest BCUT2D eigenvalue weighted by Crippen LogP contribution is 2.37. The number of nitrogens with two attached hydrogens (primary N) is 1. The third-order valence-corrected chi connectivity index (χ3v) is 12.9. The second kappa shape index (κ2) is 16.5. The molecule has 2 N–H and O–H groups in total. The number of halogens is 1. The Kier molecular flexibility index (Phi) is 10.8. The third-order valence-electron chi connectivity index (χ3n) is 12.9. The highest BCUT2D eigenvalue weighted by molar-refractivity contribution is 6.23. The number of ether oxygens (including phenoxy) is 1. The Morgan fingerprint density at radius 2 is 1.57 bits per heavy atom. The van der Waals surface area contributed by atoms with Crippen molar-refractivity contribution in [1.29, 1.82) is 5.26 Å². The Labute approximate surface area is 351 Å². The summed E-state index contributed by atoms with van der Waals surface area (Å²) in [4.78, 5) is 79.4. The van der Waals surface area contributed by atoms with Gasteiger partial charge in [-0.15, -0.1) is 10.2 Å². The zero-order valence-corrected chi connectivity index (χ0v) is 33.5. The summed E-state index contributed by atoms with van der Waals surface area (Å²) in [7, 11) is 0. The van der Waals surface area contributed by atoms with Crippen molar-refractivity contribution in [3.8, 4) is 11.8 Å². The second-order valence-corrected chi connectivity index (χ2v) is 16.5. The molecular formula is C44H45FN10O6. The van der Waals surface area contributed by atoms with Gasteiger partial charge in [0.15, 0.2) is 11.5 Å². The molecule has 0 radical (unpaired) electrons. The topological polar surface area (TPSA) is 199 Å². The van der Waals surface area contributed by atoms with Gasteiger partial charge in [0.2, 0.25) is 5.91 Å². The third kappa shape index (κ3) is 7.60. The number of nitriles is 1. The molecule has 1 atom stereocenters. The van der Waals surface area contributed by atoms with Gasteiger partial charge in [-0.1, -0.05) is 0 Å². The largest absolute Gasteiger partial charge is 0.490 e. The number of piperazine rings is 1. The highest BCUT2D eigenvalue weighted by Gasteiger charge is 2.49. The van der Waals surface area contributed by atoms with Crippen LogP contribution in [0.3, 0.4) is 0 Å². The molecule has 2 aromatic carbocycles. The molecule has 61 heavy (non-hydrogen) atoms. The maximum Gasteiger partial charge on any atom is 0.269 e. The lowest BCUT2D eigenvalue weighted by atomic mass is 9.89. The summed E-state index contributed by atoms with van der Waals surface area (Å²) in [5.41, 5.74) is 6.65. The van der Waals surface area contributed by atoms with E-state index in [0.717, 1.165) is 48.8 Å². The van der Waals surface area contributed by atoms with Crippen LogP contribution in [0.1, 0.15) is 88.1 Å². The molecule has 4 aliphatic heterocycles. The molecule has 4 aromatic rings. The van der Waals surface area contributed by atoms with Gasteiger partial charge in [-0.25, -0.2) is 4.39 Å². The molecule has 1 unspecified atom stereocenters. The van der Waals surface area contributed by atoms with Crippen LogP contribution < -0.4 is 20.3 Å². The van der Waals surface area contributed by atoms with Crippen LogP contribution in [0.5, 0.6) is 5.75 Å². The number of carbonyl (C=O) groups is 5. The number of imide groups is 2. The fourth-order valence-corrected chi connectivity index (χ4v) is 9.65. The molecule has 9 rings (SSSR count). The van der Waals surface area contributed by atoms with E-state index in [1.165, 1.54) is 11.0 Å². The monoisotopic (exact) mass is 828 g/mol. The average molecular weight is 829 g/mol. The average Bonchev–Trinajstić information content (AvgIpc) is 3.51. The van der Waals surface area contributed by atoms with E-state index in [9.17, 15) is 29.2 Å². The van der Waals surface area contributed by atoms with E-state index in [-0.39, 0.29) is 47.4 Å². The molecule has 3 saturated heterocycles. The number of anilines is 2. The van der Waals surface area contributed by atoms with Gasteiger partial charge < -0.3 is 20.3 Å². The number of fused-ring (bicyclic) bond motifs is 2. The minimum Gasteiger partial charge on any atom is -0.490 e. The van der Waals surface area contributed by atoms with Gasteiger partial charge in [-0.2, -0.15) is 5.26 Å². The number of amides is 5. The summed E-state index contributed by atoms with van der Waals surface area (Å²) in [6.45, 7) is 5.01. The maximum atomic E-state index is 15.8. The van der Waals surface area contributed by atoms with Gasteiger partial charge in [0.05, 0.1) is 34.0 Å². The minimum absolute atomic E-state index is 0.00560. The predicted molar refractivity (Wildman–Crippen MR) is 219 cm³/mol. The Hall–Kier alpha value is -6.54. The lowest BCUT2D eigenvalue weighted by Gasteiger charge is -2.41. The number of aromatic nitrogens is 3. The number of carbonyl (C=O) groups excluding carboxylic acids is 5. The van der Waals surface area contributed by atoms with Gasteiger partial charge >= 0.3 is 0 Å². The van der Waals surface area contributed by atoms with Crippen molar-refractivity contribution in [3.05, 3.63) is 82.9 Å². The quantitative estimate of drug-likeness (QED) is 0.240. The summed E-state index contributed by atoms with van der Waals surface area (Å²) in [5, 5.41) is 18.3. The van der Waals surface area contributed by atoms with Crippen LogP contribution in [0.25, 0.3) is 10.9 Å². The van der Waals surface area contributed by atoms with E-state index < -0.39 is 41.5 Å². The zero-order chi connectivity index (χ0) is 42.4. The summed E-state index contributed by atoms with van der Waals surface area (Å²) < 4.78 is 22.2. The van der Waals surface area contributed by atoms with Crippen LogP contribution in [0.4, 0.5) is 15.9 Å². The van der Waals surface area contributed by atoms with E-state index >= 15 is 4.39 Å². The first kappa shape index (κ1) is 39.9. The summed E-state index contributed by atoms with van der Waals surface area (Å²) in [6.07, 6.45) is 5.45. The first-order valence-electron chi connectivity index (χ1n) is 21.0. The molecule has 5 amide bonds. The van der Waals surface area contributed by atoms with Gasteiger partial charge in [-0.05, 0) is 99.4 Å². The molecule has 2 aromatic heterocycles. The highest BCUT2D eigenvalue weighted by atomic mass is 19.1. The first-order chi connectivity index (χ1) is 29.6.